The SMILES string of the molecule is CCCC=C(C)C(=O)NO. The molecule has 0 bridgehead atoms. The predicted octanol–water partition coefficient (Wildman–Crippen LogP) is 1.24. The van der Waals surface area contributed by atoms with Crippen LogP contribution in [0.4, 0.5) is 0 Å². The number of carbonyl (C=O) groups excluding carboxylic acids is 1. The number of allylic oxidation sites excluding steroid dienone is 1. The van der Waals surface area contributed by atoms with Gasteiger partial charge in [0.1, 0.15) is 0 Å². The van der Waals surface area contributed by atoms with Crippen LogP contribution in [0.1, 0.15) is 26.7 Å². The molecule has 3 heteroatoms. The van der Waals surface area contributed by atoms with Gasteiger partial charge in [-0.3, -0.25) is 10.0 Å². The fourth-order valence-electron chi connectivity index (χ4n) is 0.542. The van der Waals surface area contributed by atoms with Crippen molar-refractivity contribution in [3.05, 3.63) is 11.6 Å². The minimum Gasteiger partial charge on any atom is -0.288 e. The van der Waals surface area contributed by atoms with Crippen molar-refractivity contribution in [3.8, 4) is 0 Å². The highest BCUT2D eigenvalue weighted by molar-refractivity contribution is 5.91. The molecule has 10 heavy (non-hydrogen) atoms. The Labute approximate surface area is 60.7 Å². The molecule has 0 heterocycles. The van der Waals surface area contributed by atoms with Crippen LogP contribution in [0.15, 0.2) is 11.6 Å². The lowest BCUT2D eigenvalue weighted by atomic mass is 10.2. The summed E-state index contributed by atoms with van der Waals surface area (Å²) in [7, 11) is 0. The van der Waals surface area contributed by atoms with Crippen LogP contribution in [-0.2, 0) is 4.79 Å². The zero-order valence-corrected chi connectivity index (χ0v) is 6.35. The first kappa shape index (κ1) is 9.17. The van der Waals surface area contributed by atoms with Crippen LogP contribution in [0.2, 0.25) is 0 Å². The van der Waals surface area contributed by atoms with Crippen molar-refractivity contribution in [3.63, 3.8) is 0 Å². The highest BCUT2D eigenvalue weighted by atomic mass is 16.5. The van der Waals surface area contributed by atoms with Crippen LogP contribution in [0.3, 0.4) is 0 Å². The van der Waals surface area contributed by atoms with Gasteiger partial charge < -0.3 is 0 Å². The molecule has 0 rings (SSSR count). The van der Waals surface area contributed by atoms with E-state index in [0.717, 1.165) is 12.8 Å². The average Bonchev–Trinajstić information content (AvgIpc) is 1.98. The smallest absolute Gasteiger partial charge is 0.269 e. The average molecular weight is 143 g/mol. The molecule has 0 aliphatic heterocycles. The summed E-state index contributed by atoms with van der Waals surface area (Å²) in [5, 5.41) is 8.16. The van der Waals surface area contributed by atoms with Crippen LogP contribution >= 0.6 is 0 Å². The zero-order chi connectivity index (χ0) is 7.98. The molecule has 3 nitrogen and oxygen atoms in total. The third-order valence-corrected chi connectivity index (χ3v) is 1.20. The number of amides is 1. The van der Waals surface area contributed by atoms with Gasteiger partial charge in [-0.2, -0.15) is 0 Å². The molecule has 0 atom stereocenters. The Morgan fingerprint density at radius 1 is 1.70 bits per heavy atom. The molecular weight excluding hydrogens is 130 g/mol. The molecule has 0 fully saturated rings. The third kappa shape index (κ3) is 3.25. The standard InChI is InChI=1S/C7H13NO2/c1-3-4-5-6(2)7(9)8-10/h5,10H,3-4H2,1-2H3,(H,8,9). The summed E-state index contributed by atoms with van der Waals surface area (Å²) in [6, 6.07) is 0. The quantitative estimate of drug-likeness (QED) is 0.355. The van der Waals surface area contributed by atoms with Crippen molar-refractivity contribution in [2.75, 3.05) is 0 Å². The van der Waals surface area contributed by atoms with Crippen molar-refractivity contribution in [1.82, 2.24) is 5.48 Å². The Hall–Kier alpha value is -0.830. The Morgan fingerprint density at radius 3 is 2.70 bits per heavy atom. The first-order valence-electron chi connectivity index (χ1n) is 3.33. The number of hydrogen-bond donors (Lipinski definition) is 2. The second-order valence-electron chi connectivity index (χ2n) is 2.12. The van der Waals surface area contributed by atoms with E-state index in [0.29, 0.717) is 5.57 Å². The molecule has 0 unspecified atom stereocenters. The largest absolute Gasteiger partial charge is 0.288 e. The van der Waals surface area contributed by atoms with Crippen molar-refractivity contribution in [2.45, 2.75) is 26.7 Å². The van der Waals surface area contributed by atoms with Crippen molar-refractivity contribution < 1.29 is 10.0 Å². The molecule has 0 aliphatic carbocycles. The topological polar surface area (TPSA) is 49.3 Å². The van der Waals surface area contributed by atoms with Gasteiger partial charge in [0.2, 0.25) is 0 Å². The molecule has 0 aromatic rings. The van der Waals surface area contributed by atoms with Crippen molar-refractivity contribution >= 4 is 5.91 Å². The minimum absolute atomic E-state index is 0.423. The van der Waals surface area contributed by atoms with E-state index >= 15 is 0 Å². The Bertz CT molecular complexity index is 141. The van der Waals surface area contributed by atoms with E-state index in [4.69, 9.17) is 5.21 Å². The number of rotatable bonds is 3. The lowest BCUT2D eigenvalue weighted by Crippen LogP contribution is -2.19. The minimum atomic E-state index is -0.423. The summed E-state index contributed by atoms with van der Waals surface area (Å²) in [5.74, 6) is -0.423. The van der Waals surface area contributed by atoms with Gasteiger partial charge in [-0.15, -0.1) is 0 Å². The Balaban J connectivity index is 3.80. The second-order valence-corrected chi connectivity index (χ2v) is 2.12. The van der Waals surface area contributed by atoms with Gasteiger partial charge in [-0.1, -0.05) is 19.4 Å². The summed E-state index contributed by atoms with van der Waals surface area (Å²) in [6.07, 6.45) is 3.68. The monoisotopic (exact) mass is 143 g/mol. The van der Waals surface area contributed by atoms with Gasteiger partial charge in [0.15, 0.2) is 0 Å². The zero-order valence-electron chi connectivity index (χ0n) is 6.35. The van der Waals surface area contributed by atoms with Crippen molar-refractivity contribution in [1.29, 1.82) is 0 Å². The highest BCUT2D eigenvalue weighted by Crippen LogP contribution is 1.96. The van der Waals surface area contributed by atoms with Crippen LogP contribution in [0.25, 0.3) is 0 Å². The first-order chi connectivity index (χ1) is 4.72. The lowest BCUT2D eigenvalue weighted by molar-refractivity contribution is -0.125. The van der Waals surface area contributed by atoms with Gasteiger partial charge in [-0.05, 0) is 13.3 Å². The van der Waals surface area contributed by atoms with Crippen LogP contribution < -0.4 is 5.48 Å². The Morgan fingerprint density at radius 2 is 2.30 bits per heavy atom. The highest BCUT2D eigenvalue weighted by Gasteiger charge is 1.98. The first-order valence-corrected chi connectivity index (χ1v) is 3.33. The second kappa shape index (κ2) is 4.99. The van der Waals surface area contributed by atoms with Gasteiger partial charge in [-0.25, -0.2) is 5.48 Å². The molecule has 0 aliphatic rings. The predicted molar refractivity (Wildman–Crippen MR) is 38.6 cm³/mol. The molecule has 0 radical (unpaired) electrons. The van der Waals surface area contributed by atoms with Crippen molar-refractivity contribution in [2.24, 2.45) is 0 Å². The summed E-state index contributed by atoms with van der Waals surface area (Å²) in [4.78, 5) is 10.6. The van der Waals surface area contributed by atoms with E-state index in [9.17, 15) is 4.79 Å². The van der Waals surface area contributed by atoms with E-state index in [1.54, 1.807) is 18.5 Å². The molecule has 0 aromatic carbocycles. The summed E-state index contributed by atoms with van der Waals surface area (Å²) in [6.45, 7) is 3.70. The summed E-state index contributed by atoms with van der Waals surface area (Å²) in [5.41, 5.74) is 2.13. The number of hydroxylamine groups is 1. The van der Waals surface area contributed by atoms with Gasteiger partial charge in [0, 0.05) is 5.57 Å². The van der Waals surface area contributed by atoms with E-state index in [1.807, 2.05) is 6.92 Å². The van der Waals surface area contributed by atoms with Crippen LogP contribution in [0, 0.1) is 0 Å². The van der Waals surface area contributed by atoms with E-state index in [-0.39, 0.29) is 0 Å². The normalized spacial score (nSPS) is 11.3. The number of hydrogen-bond acceptors (Lipinski definition) is 2. The van der Waals surface area contributed by atoms with E-state index in [2.05, 4.69) is 0 Å². The van der Waals surface area contributed by atoms with Gasteiger partial charge in [0.05, 0.1) is 0 Å². The molecule has 0 aromatic heterocycles. The molecule has 58 valence electrons. The van der Waals surface area contributed by atoms with Crippen LogP contribution in [0.5, 0.6) is 0 Å². The molecule has 0 saturated heterocycles. The molecule has 0 spiro atoms. The number of unbranched alkanes of at least 4 members (excludes halogenated alkanes) is 1. The molecular formula is C7H13NO2. The summed E-state index contributed by atoms with van der Waals surface area (Å²) >= 11 is 0. The molecule has 2 N–H and O–H groups in total. The molecule has 0 saturated carbocycles. The fourth-order valence-corrected chi connectivity index (χ4v) is 0.542. The summed E-state index contributed by atoms with van der Waals surface area (Å²) < 4.78 is 0. The maximum atomic E-state index is 10.6. The van der Waals surface area contributed by atoms with Gasteiger partial charge >= 0.3 is 0 Å². The lowest BCUT2D eigenvalue weighted by Gasteiger charge is -1.95. The number of carbonyl (C=O) groups is 1. The maximum Gasteiger partial charge on any atom is 0.269 e. The fraction of sp³-hybridized carbons (Fsp3) is 0.571. The van der Waals surface area contributed by atoms with Gasteiger partial charge in [0.25, 0.3) is 5.91 Å². The van der Waals surface area contributed by atoms with E-state index < -0.39 is 5.91 Å². The molecule has 1 amide bonds. The van der Waals surface area contributed by atoms with E-state index in [1.165, 1.54) is 0 Å². The number of nitrogens with one attached hydrogen (secondary N) is 1. The third-order valence-electron chi connectivity index (χ3n) is 1.20. The Kier molecular flexibility index (Phi) is 4.58. The maximum absolute atomic E-state index is 10.6. The van der Waals surface area contributed by atoms with Crippen LogP contribution in [-0.4, -0.2) is 11.1 Å².